The Morgan fingerprint density at radius 3 is 2.28 bits per heavy atom. The SMILES string of the molecule is CC(c1ccccc1)N1CCC(O)CC1c1ccc(OCc2ccccc2)cc1. The van der Waals surface area contributed by atoms with Crippen LogP contribution in [0.2, 0.25) is 0 Å². The smallest absolute Gasteiger partial charge is 0.119 e. The molecule has 3 aromatic rings. The number of benzene rings is 3. The summed E-state index contributed by atoms with van der Waals surface area (Å²) < 4.78 is 5.94. The third-order valence-electron chi connectivity index (χ3n) is 5.91. The van der Waals surface area contributed by atoms with E-state index >= 15 is 0 Å². The zero-order valence-corrected chi connectivity index (χ0v) is 16.9. The van der Waals surface area contributed by atoms with E-state index in [0.717, 1.165) is 30.7 Å². The molecule has 0 spiro atoms. The molecule has 0 bridgehead atoms. The highest BCUT2D eigenvalue weighted by Crippen LogP contribution is 2.38. The summed E-state index contributed by atoms with van der Waals surface area (Å²) in [6, 6.07) is 29.7. The lowest BCUT2D eigenvalue weighted by Crippen LogP contribution is -2.40. The van der Waals surface area contributed by atoms with Crippen molar-refractivity contribution in [3.63, 3.8) is 0 Å². The Hall–Kier alpha value is -2.62. The van der Waals surface area contributed by atoms with Crippen LogP contribution >= 0.6 is 0 Å². The van der Waals surface area contributed by atoms with E-state index in [1.807, 2.05) is 30.3 Å². The minimum absolute atomic E-state index is 0.206. The molecule has 3 atom stereocenters. The van der Waals surface area contributed by atoms with Crippen molar-refractivity contribution >= 4 is 0 Å². The Kier molecular flexibility index (Phi) is 6.28. The van der Waals surface area contributed by atoms with Crippen molar-refractivity contribution in [2.45, 2.75) is 44.6 Å². The van der Waals surface area contributed by atoms with Crippen LogP contribution in [0.5, 0.6) is 5.75 Å². The summed E-state index contributed by atoms with van der Waals surface area (Å²) in [6.45, 7) is 3.73. The van der Waals surface area contributed by atoms with E-state index in [9.17, 15) is 5.11 Å². The number of likely N-dealkylation sites (tertiary alicyclic amines) is 1. The number of rotatable bonds is 6. The second kappa shape index (κ2) is 9.25. The van der Waals surface area contributed by atoms with Crippen LogP contribution in [0, 0.1) is 0 Å². The quantitative estimate of drug-likeness (QED) is 0.604. The maximum absolute atomic E-state index is 10.3. The zero-order chi connectivity index (χ0) is 20.1. The van der Waals surface area contributed by atoms with Gasteiger partial charge in [0.25, 0.3) is 0 Å². The predicted octanol–water partition coefficient (Wildman–Crippen LogP) is 5.52. The Bertz CT molecular complexity index is 880. The summed E-state index contributed by atoms with van der Waals surface area (Å²) in [4.78, 5) is 2.52. The molecule has 1 saturated heterocycles. The summed E-state index contributed by atoms with van der Waals surface area (Å²) in [5.41, 5.74) is 3.71. The van der Waals surface area contributed by atoms with Crippen LogP contribution in [-0.2, 0) is 6.61 Å². The predicted molar refractivity (Wildman–Crippen MR) is 117 cm³/mol. The van der Waals surface area contributed by atoms with Gasteiger partial charge in [0, 0.05) is 18.6 Å². The summed E-state index contributed by atoms with van der Waals surface area (Å²) in [6.07, 6.45) is 1.35. The molecular weight excluding hydrogens is 358 g/mol. The average molecular weight is 388 g/mol. The number of nitrogens with zero attached hydrogens (tertiary/aromatic N) is 1. The third kappa shape index (κ3) is 4.87. The summed E-state index contributed by atoms with van der Waals surface area (Å²) in [5.74, 6) is 0.872. The van der Waals surface area contributed by atoms with Gasteiger partial charge in [-0.15, -0.1) is 0 Å². The standard InChI is InChI=1S/C26H29NO2/c1-20(22-10-6-3-7-11-22)27-17-16-24(28)18-26(27)23-12-14-25(15-13-23)29-19-21-8-4-2-5-9-21/h2-15,20,24,26,28H,16-19H2,1H3. The maximum atomic E-state index is 10.3. The zero-order valence-electron chi connectivity index (χ0n) is 16.9. The molecule has 0 radical (unpaired) electrons. The van der Waals surface area contributed by atoms with E-state index in [-0.39, 0.29) is 12.1 Å². The number of ether oxygens (including phenoxy) is 1. The van der Waals surface area contributed by atoms with Crippen LogP contribution in [0.4, 0.5) is 0 Å². The van der Waals surface area contributed by atoms with Gasteiger partial charge in [0.05, 0.1) is 6.10 Å². The lowest BCUT2D eigenvalue weighted by Gasteiger charge is -2.42. The van der Waals surface area contributed by atoms with E-state index < -0.39 is 0 Å². The van der Waals surface area contributed by atoms with Crippen LogP contribution in [0.25, 0.3) is 0 Å². The lowest BCUT2D eigenvalue weighted by molar-refractivity contribution is 0.0195. The van der Waals surface area contributed by atoms with Gasteiger partial charge in [0.15, 0.2) is 0 Å². The molecule has 3 unspecified atom stereocenters. The van der Waals surface area contributed by atoms with Gasteiger partial charge >= 0.3 is 0 Å². The number of aliphatic hydroxyl groups is 1. The monoisotopic (exact) mass is 387 g/mol. The molecule has 3 heteroatoms. The number of aliphatic hydroxyl groups excluding tert-OH is 1. The van der Waals surface area contributed by atoms with Crippen molar-refractivity contribution in [1.82, 2.24) is 4.90 Å². The van der Waals surface area contributed by atoms with Crippen LogP contribution in [0.1, 0.15) is 48.5 Å². The number of hydrogen-bond acceptors (Lipinski definition) is 3. The van der Waals surface area contributed by atoms with Crippen molar-refractivity contribution in [3.8, 4) is 5.75 Å². The molecule has 0 saturated carbocycles. The molecule has 0 aromatic heterocycles. The summed E-state index contributed by atoms with van der Waals surface area (Å²) in [5, 5.41) is 10.3. The van der Waals surface area contributed by atoms with Gasteiger partial charge in [0.2, 0.25) is 0 Å². The maximum Gasteiger partial charge on any atom is 0.119 e. The third-order valence-corrected chi connectivity index (χ3v) is 5.91. The molecule has 1 fully saturated rings. The largest absolute Gasteiger partial charge is 0.489 e. The fourth-order valence-corrected chi connectivity index (χ4v) is 4.21. The van der Waals surface area contributed by atoms with E-state index in [0.29, 0.717) is 12.6 Å². The van der Waals surface area contributed by atoms with E-state index in [1.54, 1.807) is 0 Å². The molecule has 1 heterocycles. The van der Waals surface area contributed by atoms with E-state index in [4.69, 9.17) is 4.74 Å². The number of piperidine rings is 1. The van der Waals surface area contributed by atoms with Crippen molar-refractivity contribution < 1.29 is 9.84 Å². The first-order chi connectivity index (χ1) is 14.2. The highest BCUT2D eigenvalue weighted by molar-refractivity contribution is 5.31. The molecular formula is C26H29NO2. The van der Waals surface area contributed by atoms with E-state index in [1.165, 1.54) is 11.1 Å². The molecule has 150 valence electrons. The van der Waals surface area contributed by atoms with Crippen LogP contribution < -0.4 is 4.74 Å². The minimum atomic E-state index is -0.242. The summed E-state index contributed by atoms with van der Waals surface area (Å²) in [7, 11) is 0. The minimum Gasteiger partial charge on any atom is -0.489 e. The lowest BCUT2D eigenvalue weighted by atomic mass is 9.90. The fourth-order valence-electron chi connectivity index (χ4n) is 4.21. The first-order valence-corrected chi connectivity index (χ1v) is 10.5. The number of hydrogen-bond donors (Lipinski definition) is 1. The molecule has 1 aliphatic rings. The first kappa shape index (κ1) is 19.7. The molecule has 1 aliphatic heterocycles. The van der Waals surface area contributed by atoms with Crippen LogP contribution in [0.3, 0.4) is 0 Å². The van der Waals surface area contributed by atoms with Crippen LogP contribution in [-0.4, -0.2) is 22.7 Å². The fraction of sp³-hybridized carbons (Fsp3) is 0.308. The van der Waals surface area contributed by atoms with Crippen molar-refractivity contribution in [2.75, 3.05) is 6.54 Å². The average Bonchev–Trinajstić information content (AvgIpc) is 2.79. The Balaban J connectivity index is 1.48. The highest BCUT2D eigenvalue weighted by atomic mass is 16.5. The Labute approximate surface area is 173 Å². The van der Waals surface area contributed by atoms with Gasteiger partial charge in [0.1, 0.15) is 12.4 Å². The van der Waals surface area contributed by atoms with Gasteiger partial charge in [-0.2, -0.15) is 0 Å². The molecule has 3 aromatic carbocycles. The molecule has 1 N–H and O–H groups in total. The van der Waals surface area contributed by atoms with Gasteiger partial charge < -0.3 is 9.84 Å². The normalized spacial score (nSPS) is 20.9. The van der Waals surface area contributed by atoms with E-state index in [2.05, 4.69) is 66.4 Å². The van der Waals surface area contributed by atoms with Gasteiger partial charge in [-0.25, -0.2) is 0 Å². The molecule has 0 amide bonds. The van der Waals surface area contributed by atoms with Gasteiger partial charge in [-0.1, -0.05) is 72.8 Å². The molecule has 0 aliphatic carbocycles. The van der Waals surface area contributed by atoms with Crippen molar-refractivity contribution in [3.05, 3.63) is 102 Å². The molecule has 29 heavy (non-hydrogen) atoms. The second-order valence-corrected chi connectivity index (χ2v) is 7.86. The van der Waals surface area contributed by atoms with Crippen LogP contribution in [0.15, 0.2) is 84.9 Å². The first-order valence-electron chi connectivity index (χ1n) is 10.5. The van der Waals surface area contributed by atoms with Gasteiger partial charge in [-0.3, -0.25) is 4.90 Å². The highest BCUT2D eigenvalue weighted by Gasteiger charge is 2.32. The van der Waals surface area contributed by atoms with Crippen molar-refractivity contribution in [2.24, 2.45) is 0 Å². The Morgan fingerprint density at radius 2 is 1.59 bits per heavy atom. The summed E-state index contributed by atoms with van der Waals surface area (Å²) >= 11 is 0. The Morgan fingerprint density at radius 1 is 0.931 bits per heavy atom. The molecule has 4 rings (SSSR count). The van der Waals surface area contributed by atoms with Crippen molar-refractivity contribution in [1.29, 1.82) is 0 Å². The second-order valence-electron chi connectivity index (χ2n) is 7.86. The topological polar surface area (TPSA) is 32.7 Å². The van der Waals surface area contributed by atoms with Gasteiger partial charge in [-0.05, 0) is 48.6 Å². The molecule has 3 nitrogen and oxygen atoms in total.